The second kappa shape index (κ2) is 5.04. The van der Waals surface area contributed by atoms with Crippen LogP contribution in [0.25, 0.3) is 0 Å². The van der Waals surface area contributed by atoms with E-state index in [0.717, 1.165) is 0 Å². The standard InChI is InChI=1S/C7H8.CH3N/c1-7-5-3-2-4-6-7;1-2/h2-6H,1H3;2H,1H2. The maximum atomic E-state index is 5.50. The van der Waals surface area contributed by atoms with Gasteiger partial charge < -0.3 is 5.41 Å². The van der Waals surface area contributed by atoms with Crippen molar-refractivity contribution in [2.75, 3.05) is 0 Å². The van der Waals surface area contributed by atoms with Gasteiger partial charge in [0.2, 0.25) is 0 Å². The van der Waals surface area contributed by atoms with Crippen molar-refractivity contribution in [1.82, 2.24) is 0 Å². The molecule has 0 atom stereocenters. The van der Waals surface area contributed by atoms with E-state index in [1.54, 1.807) is 0 Å². The quantitative estimate of drug-likeness (QED) is 0.509. The molecule has 1 aromatic rings. The fourth-order valence-electron chi connectivity index (χ4n) is 0.534. The van der Waals surface area contributed by atoms with Crippen LogP contribution in [0.2, 0.25) is 0 Å². The molecule has 48 valence electrons. The summed E-state index contributed by atoms with van der Waals surface area (Å²) in [6.07, 6.45) is 0. The maximum Gasteiger partial charge on any atom is -0.0187 e. The molecule has 0 saturated carbocycles. The largest absolute Gasteiger partial charge is 0.317 e. The molecule has 0 radical (unpaired) electrons. The molecule has 0 bridgehead atoms. The Morgan fingerprint density at radius 2 is 1.56 bits per heavy atom. The van der Waals surface area contributed by atoms with E-state index in [2.05, 4.69) is 25.8 Å². The molecule has 1 heteroatoms. The molecular formula is C8H11N. The molecule has 0 aliphatic rings. The minimum atomic E-state index is 1.32. The highest BCUT2D eigenvalue weighted by atomic mass is 14.2. The van der Waals surface area contributed by atoms with Gasteiger partial charge in [0.15, 0.2) is 0 Å². The van der Waals surface area contributed by atoms with Gasteiger partial charge in [0.1, 0.15) is 0 Å². The van der Waals surface area contributed by atoms with Crippen molar-refractivity contribution in [3.8, 4) is 0 Å². The van der Waals surface area contributed by atoms with E-state index in [1.165, 1.54) is 5.56 Å². The van der Waals surface area contributed by atoms with E-state index in [4.69, 9.17) is 5.41 Å². The first-order valence-electron chi connectivity index (χ1n) is 2.76. The number of hydrogen-bond acceptors (Lipinski definition) is 1. The lowest BCUT2D eigenvalue weighted by atomic mass is 10.2. The average molecular weight is 121 g/mol. The summed E-state index contributed by atoms with van der Waals surface area (Å²) in [6.45, 7) is 4.58. The summed E-state index contributed by atoms with van der Waals surface area (Å²) in [5, 5.41) is 5.50. The SMILES string of the molecule is C=N.Cc1ccccc1. The van der Waals surface area contributed by atoms with Gasteiger partial charge in [-0.1, -0.05) is 35.9 Å². The first kappa shape index (κ1) is 7.89. The van der Waals surface area contributed by atoms with Crippen LogP contribution in [0.3, 0.4) is 0 Å². The van der Waals surface area contributed by atoms with Crippen LogP contribution in [0.15, 0.2) is 30.3 Å². The van der Waals surface area contributed by atoms with E-state index < -0.39 is 0 Å². The van der Waals surface area contributed by atoms with E-state index >= 15 is 0 Å². The van der Waals surface area contributed by atoms with Gasteiger partial charge in [-0.05, 0) is 13.6 Å². The summed E-state index contributed by atoms with van der Waals surface area (Å²) in [6, 6.07) is 10.3. The average Bonchev–Trinajstić information content (AvgIpc) is 1.94. The molecule has 0 fully saturated rings. The van der Waals surface area contributed by atoms with Crippen LogP contribution in [-0.2, 0) is 0 Å². The van der Waals surface area contributed by atoms with Crippen molar-refractivity contribution in [1.29, 1.82) is 5.41 Å². The lowest BCUT2D eigenvalue weighted by Gasteiger charge is -1.82. The summed E-state index contributed by atoms with van der Waals surface area (Å²) in [7, 11) is 0. The highest BCUT2D eigenvalue weighted by Crippen LogP contribution is 1.92. The Morgan fingerprint density at radius 3 is 1.78 bits per heavy atom. The molecule has 0 unspecified atom stereocenters. The summed E-state index contributed by atoms with van der Waals surface area (Å²) < 4.78 is 0. The molecule has 0 heterocycles. The number of nitrogens with one attached hydrogen (secondary N) is 1. The van der Waals surface area contributed by atoms with Crippen LogP contribution in [0.5, 0.6) is 0 Å². The first-order valence-corrected chi connectivity index (χ1v) is 2.76. The van der Waals surface area contributed by atoms with E-state index in [0.29, 0.717) is 0 Å². The molecule has 1 nitrogen and oxygen atoms in total. The Kier molecular flexibility index (Phi) is 4.41. The molecule has 0 saturated heterocycles. The van der Waals surface area contributed by atoms with Gasteiger partial charge in [-0.15, -0.1) is 0 Å². The molecule has 9 heavy (non-hydrogen) atoms. The van der Waals surface area contributed by atoms with Gasteiger partial charge in [-0.3, -0.25) is 0 Å². The minimum Gasteiger partial charge on any atom is -0.317 e. The minimum absolute atomic E-state index is 1.32. The van der Waals surface area contributed by atoms with Gasteiger partial charge in [-0.25, -0.2) is 0 Å². The molecule has 1 aromatic carbocycles. The number of rotatable bonds is 0. The zero-order chi connectivity index (χ0) is 7.11. The van der Waals surface area contributed by atoms with Crippen molar-refractivity contribution in [2.45, 2.75) is 6.92 Å². The number of benzene rings is 1. The number of hydrogen-bond donors (Lipinski definition) is 1. The fourth-order valence-corrected chi connectivity index (χ4v) is 0.534. The molecular weight excluding hydrogens is 110 g/mol. The molecule has 0 amide bonds. The van der Waals surface area contributed by atoms with Gasteiger partial charge >= 0.3 is 0 Å². The lowest BCUT2D eigenvalue weighted by Crippen LogP contribution is -1.62. The third-order valence-corrected chi connectivity index (χ3v) is 0.940. The van der Waals surface area contributed by atoms with Crippen molar-refractivity contribution < 1.29 is 0 Å². The monoisotopic (exact) mass is 121 g/mol. The third-order valence-electron chi connectivity index (χ3n) is 0.940. The van der Waals surface area contributed by atoms with Crippen molar-refractivity contribution in [3.05, 3.63) is 35.9 Å². The van der Waals surface area contributed by atoms with Crippen molar-refractivity contribution in [2.24, 2.45) is 0 Å². The summed E-state index contributed by atoms with van der Waals surface area (Å²) >= 11 is 0. The Labute approximate surface area is 55.9 Å². The molecule has 0 aromatic heterocycles. The Balaban J connectivity index is 0.000000291. The molecule has 1 rings (SSSR count). The molecule has 0 aliphatic carbocycles. The van der Waals surface area contributed by atoms with E-state index in [-0.39, 0.29) is 0 Å². The molecule has 0 spiro atoms. The summed E-state index contributed by atoms with van der Waals surface area (Å²) in [5.41, 5.74) is 1.32. The summed E-state index contributed by atoms with van der Waals surface area (Å²) in [5.74, 6) is 0. The van der Waals surface area contributed by atoms with Crippen LogP contribution < -0.4 is 0 Å². The summed E-state index contributed by atoms with van der Waals surface area (Å²) in [4.78, 5) is 0. The van der Waals surface area contributed by atoms with Crippen LogP contribution in [-0.4, -0.2) is 6.72 Å². The smallest absolute Gasteiger partial charge is 0.0187 e. The fraction of sp³-hybridized carbons (Fsp3) is 0.125. The van der Waals surface area contributed by atoms with Gasteiger partial charge in [-0.2, -0.15) is 0 Å². The van der Waals surface area contributed by atoms with Crippen LogP contribution in [0.1, 0.15) is 5.56 Å². The number of aryl methyl sites for hydroxylation is 1. The third kappa shape index (κ3) is 3.47. The van der Waals surface area contributed by atoms with Crippen molar-refractivity contribution >= 4 is 6.72 Å². The van der Waals surface area contributed by atoms with E-state index in [1.807, 2.05) is 18.2 Å². The van der Waals surface area contributed by atoms with Crippen LogP contribution in [0, 0.1) is 12.3 Å². The maximum absolute atomic E-state index is 5.50. The zero-order valence-electron chi connectivity index (χ0n) is 5.59. The normalized spacial score (nSPS) is 7.22. The molecule has 1 N–H and O–H groups in total. The zero-order valence-corrected chi connectivity index (χ0v) is 5.59. The Hall–Kier alpha value is -1.11. The highest BCUT2D eigenvalue weighted by molar-refractivity contribution is 5.15. The Morgan fingerprint density at radius 1 is 1.11 bits per heavy atom. The Bertz CT molecular complexity index is 146. The first-order chi connectivity index (χ1) is 4.39. The van der Waals surface area contributed by atoms with Gasteiger partial charge in [0.05, 0.1) is 0 Å². The van der Waals surface area contributed by atoms with Crippen LogP contribution >= 0.6 is 0 Å². The predicted octanol–water partition coefficient (Wildman–Crippen LogP) is 2.26. The second-order valence-corrected chi connectivity index (χ2v) is 1.65. The highest BCUT2D eigenvalue weighted by Gasteiger charge is 1.72. The second-order valence-electron chi connectivity index (χ2n) is 1.65. The van der Waals surface area contributed by atoms with Gasteiger partial charge in [0.25, 0.3) is 0 Å². The van der Waals surface area contributed by atoms with Crippen molar-refractivity contribution in [3.63, 3.8) is 0 Å². The van der Waals surface area contributed by atoms with Crippen LogP contribution in [0.4, 0.5) is 0 Å². The van der Waals surface area contributed by atoms with Gasteiger partial charge in [0, 0.05) is 0 Å². The lowest BCUT2D eigenvalue weighted by molar-refractivity contribution is 1.48. The molecule has 0 aliphatic heterocycles. The topological polar surface area (TPSA) is 23.9 Å². The van der Waals surface area contributed by atoms with E-state index in [9.17, 15) is 0 Å². The predicted molar refractivity (Wildman–Crippen MR) is 41.0 cm³/mol.